The van der Waals surface area contributed by atoms with Crippen LogP contribution in [-0.2, 0) is 0 Å². The highest BCUT2D eigenvalue weighted by Crippen LogP contribution is 2.31. The lowest BCUT2D eigenvalue weighted by atomic mass is 10.2. The zero-order valence-electron chi connectivity index (χ0n) is 13.5. The summed E-state index contributed by atoms with van der Waals surface area (Å²) in [5, 5.41) is 22.4. The van der Waals surface area contributed by atoms with Crippen molar-refractivity contribution in [3.8, 4) is 23.3 Å². The number of benzene rings is 2. The molecule has 0 atom stereocenters. The summed E-state index contributed by atoms with van der Waals surface area (Å²) in [5.74, 6) is 0.117. The third-order valence-corrected chi connectivity index (χ3v) is 4.19. The predicted molar refractivity (Wildman–Crippen MR) is 103 cm³/mol. The van der Waals surface area contributed by atoms with E-state index in [1.807, 2.05) is 6.07 Å². The second kappa shape index (κ2) is 9.22. The molecule has 0 fully saturated rings. The Morgan fingerprint density at radius 1 is 1.35 bits per heavy atom. The number of phenols is 1. The van der Waals surface area contributed by atoms with Crippen LogP contribution in [0.3, 0.4) is 0 Å². The van der Waals surface area contributed by atoms with Gasteiger partial charge in [-0.2, -0.15) is 10.4 Å². The van der Waals surface area contributed by atoms with E-state index in [2.05, 4.69) is 42.4 Å². The van der Waals surface area contributed by atoms with Crippen molar-refractivity contribution in [2.24, 2.45) is 5.10 Å². The van der Waals surface area contributed by atoms with Gasteiger partial charge in [-0.05, 0) is 51.8 Å². The number of hydrogen-bond acceptors (Lipinski definition) is 6. The molecule has 0 saturated carbocycles. The minimum Gasteiger partial charge on any atom is -0.506 e. The molecule has 0 saturated heterocycles. The molecule has 26 heavy (non-hydrogen) atoms. The molecule has 7 nitrogen and oxygen atoms in total. The summed E-state index contributed by atoms with van der Waals surface area (Å²) in [6.45, 7) is -0.0917. The van der Waals surface area contributed by atoms with Crippen LogP contribution in [0.2, 0.25) is 0 Å². The van der Waals surface area contributed by atoms with Crippen molar-refractivity contribution in [2.75, 3.05) is 13.7 Å². The van der Waals surface area contributed by atoms with Gasteiger partial charge in [0.15, 0.2) is 18.1 Å². The Morgan fingerprint density at radius 2 is 2.12 bits per heavy atom. The zero-order chi connectivity index (χ0) is 19.1. The van der Waals surface area contributed by atoms with E-state index in [1.165, 1.54) is 19.4 Å². The fraction of sp³-hybridized carbons (Fsp3) is 0.118. The summed E-state index contributed by atoms with van der Waals surface area (Å²) < 4.78 is 11.4. The van der Waals surface area contributed by atoms with E-state index >= 15 is 0 Å². The fourth-order valence-corrected chi connectivity index (χ4v) is 3.18. The number of carbonyl (C=O) groups is 1. The van der Waals surface area contributed by atoms with E-state index in [-0.39, 0.29) is 17.9 Å². The normalized spacial score (nSPS) is 10.4. The highest BCUT2D eigenvalue weighted by molar-refractivity contribution is 9.11. The summed E-state index contributed by atoms with van der Waals surface area (Å²) in [6, 6.07) is 9.96. The van der Waals surface area contributed by atoms with E-state index in [9.17, 15) is 9.90 Å². The van der Waals surface area contributed by atoms with Crippen LogP contribution >= 0.6 is 31.9 Å². The Bertz CT molecular complexity index is 894. The highest BCUT2D eigenvalue weighted by Gasteiger charge is 2.14. The molecular weight excluding hydrogens is 470 g/mol. The van der Waals surface area contributed by atoms with Gasteiger partial charge >= 0.3 is 0 Å². The molecule has 0 bridgehead atoms. The average Bonchev–Trinajstić information content (AvgIpc) is 2.63. The Labute approximate surface area is 166 Å². The summed E-state index contributed by atoms with van der Waals surface area (Å²) in [5.41, 5.74) is 3.06. The third-order valence-electron chi connectivity index (χ3n) is 3.13. The molecule has 0 unspecified atom stereocenters. The van der Waals surface area contributed by atoms with E-state index < -0.39 is 5.91 Å². The minimum atomic E-state index is -0.568. The SMILES string of the molecule is COc1cc(C=NNC(=O)c2cc(Br)cc(Br)c2O)ccc1OCC#N. The molecule has 0 heterocycles. The maximum Gasteiger partial charge on any atom is 0.275 e. The van der Waals surface area contributed by atoms with Gasteiger partial charge in [-0.15, -0.1) is 0 Å². The molecule has 9 heteroatoms. The van der Waals surface area contributed by atoms with Gasteiger partial charge in [0.1, 0.15) is 11.8 Å². The number of phenolic OH excluding ortho intramolecular Hbond substituents is 1. The van der Waals surface area contributed by atoms with Crippen molar-refractivity contribution in [3.63, 3.8) is 0 Å². The first-order valence-electron chi connectivity index (χ1n) is 7.15. The molecule has 0 aliphatic heterocycles. The van der Waals surface area contributed by atoms with Gasteiger partial charge in [0.2, 0.25) is 0 Å². The molecular formula is C17H13Br2N3O4. The standard InChI is InChI=1S/C17H13Br2N3O4/c1-25-15-6-10(2-3-14(15)26-5-4-20)9-21-22-17(24)12-7-11(18)8-13(19)16(12)23/h2-3,6-9,23H,5H2,1H3,(H,22,24). The number of halogens is 2. The maximum atomic E-state index is 12.2. The maximum absolute atomic E-state index is 12.2. The molecule has 2 N–H and O–H groups in total. The monoisotopic (exact) mass is 481 g/mol. The third kappa shape index (κ3) is 4.97. The van der Waals surface area contributed by atoms with Gasteiger partial charge in [0.05, 0.1) is 23.4 Å². The van der Waals surface area contributed by atoms with Gasteiger partial charge in [0.25, 0.3) is 5.91 Å². The Balaban J connectivity index is 2.11. The molecule has 0 aliphatic rings. The first-order chi connectivity index (χ1) is 12.5. The van der Waals surface area contributed by atoms with Crippen LogP contribution in [0.4, 0.5) is 0 Å². The van der Waals surface area contributed by atoms with Crippen LogP contribution in [-0.4, -0.2) is 30.9 Å². The molecule has 2 rings (SSSR count). The lowest BCUT2D eigenvalue weighted by molar-refractivity contribution is 0.0952. The quantitative estimate of drug-likeness (QED) is 0.483. The molecule has 0 aromatic heterocycles. The highest BCUT2D eigenvalue weighted by atomic mass is 79.9. The molecule has 134 valence electrons. The van der Waals surface area contributed by atoms with Crippen molar-refractivity contribution in [2.45, 2.75) is 0 Å². The fourth-order valence-electron chi connectivity index (χ4n) is 1.96. The zero-order valence-corrected chi connectivity index (χ0v) is 16.7. The second-order valence-electron chi connectivity index (χ2n) is 4.84. The van der Waals surface area contributed by atoms with E-state index in [1.54, 1.807) is 24.3 Å². The summed E-state index contributed by atoms with van der Waals surface area (Å²) in [4.78, 5) is 12.2. The second-order valence-corrected chi connectivity index (χ2v) is 6.61. The number of carbonyl (C=O) groups excluding carboxylic acids is 1. The van der Waals surface area contributed by atoms with E-state index in [4.69, 9.17) is 14.7 Å². The number of rotatable bonds is 6. The van der Waals surface area contributed by atoms with E-state index in [0.717, 1.165) is 0 Å². The summed E-state index contributed by atoms with van der Waals surface area (Å²) >= 11 is 6.42. The lowest BCUT2D eigenvalue weighted by Crippen LogP contribution is -2.18. The Kier molecular flexibility index (Phi) is 7.00. The number of nitriles is 1. The average molecular weight is 483 g/mol. The van der Waals surface area contributed by atoms with Gasteiger partial charge in [-0.1, -0.05) is 15.9 Å². The number of amides is 1. The summed E-state index contributed by atoms with van der Waals surface area (Å²) in [6.07, 6.45) is 1.42. The number of nitrogens with zero attached hydrogens (tertiary/aromatic N) is 2. The Hall–Kier alpha value is -2.57. The largest absolute Gasteiger partial charge is 0.506 e. The number of hydrogen-bond donors (Lipinski definition) is 2. The minimum absolute atomic E-state index is 0.0706. The van der Waals surface area contributed by atoms with E-state index in [0.29, 0.717) is 26.0 Å². The number of nitrogens with one attached hydrogen (secondary N) is 1. The Morgan fingerprint density at radius 3 is 2.81 bits per heavy atom. The van der Waals surface area contributed by atoms with Crippen molar-refractivity contribution >= 4 is 44.0 Å². The number of ether oxygens (including phenoxy) is 2. The molecule has 1 amide bonds. The molecule has 2 aromatic rings. The first kappa shape index (κ1) is 19.8. The number of methoxy groups -OCH3 is 1. The van der Waals surface area contributed by atoms with Gasteiger partial charge in [-0.3, -0.25) is 4.79 Å². The molecule has 0 radical (unpaired) electrons. The van der Waals surface area contributed by atoms with Crippen molar-refractivity contribution < 1.29 is 19.4 Å². The molecule has 0 aliphatic carbocycles. The van der Waals surface area contributed by atoms with Crippen LogP contribution < -0.4 is 14.9 Å². The number of aromatic hydroxyl groups is 1. The molecule has 2 aromatic carbocycles. The first-order valence-corrected chi connectivity index (χ1v) is 8.74. The van der Waals surface area contributed by atoms with Crippen molar-refractivity contribution in [1.29, 1.82) is 5.26 Å². The topological polar surface area (TPSA) is 104 Å². The summed E-state index contributed by atoms with van der Waals surface area (Å²) in [7, 11) is 1.48. The van der Waals surface area contributed by atoms with Crippen LogP contribution in [0.25, 0.3) is 0 Å². The van der Waals surface area contributed by atoms with Gasteiger partial charge < -0.3 is 14.6 Å². The smallest absolute Gasteiger partial charge is 0.275 e. The number of hydrazone groups is 1. The van der Waals surface area contributed by atoms with Crippen LogP contribution in [0, 0.1) is 11.3 Å². The predicted octanol–water partition coefficient (Wildman–Crippen LogP) is 3.59. The molecule has 0 spiro atoms. The van der Waals surface area contributed by atoms with Crippen molar-refractivity contribution in [1.82, 2.24) is 5.43 Å². The van der Waals surface area contributed by atoms with Gasteiger partial charge in [0, 0.05) is 4.47 Å². The van der Waals surface area contributed by atoms with Crippen molar-refractivity contribution in [3.05, 3.63) is 50.4 Å². The van der Waals surface area contributed by atoms with Gasteiger partial charge in [-0.25, -0.2) is 5.43 Å². The lowest BCUT2D eigenvalue weighted by Gasteiger charge is -2.08. The van der Waals surface area contributed by atoms with Crippen LogP contribution in [0.15, 0.2) is 44.4 Å². The van der Waals surface area contributed by atoms with Crippen LogP contribution in [0.1, 0.15) is 15.9 Å². The van der Waals surface area contributed by atoms with Crippen LogP contribution in [0.5, 0.6) is 17.2 Å².